The van der Waals surface area contributed by atoms with E-state index in [4.69, 9.17) is 28.0 Å². The summed E-state index contributed by atoms with van der Waals surface area (Å²) >= 11 is 0. The molecule has 19 N–H and O–H groups in total. The lowest BCUT2D eigenvalue weighted by Gasteiger charge is -2.29. The van der Waals surface area contributed by atoms with Crippen LogP contribution in [0.4, 0.5) is 0 Å². The van der Waals surface area contributed by atoms with E-state index < -0.39 is 146 Å². The van der Waals surface area contributed by atoms with Gasteiger partial charge in [-0.3, -0.25) is 52.9 Å². The second-order valence-electron chi connectivity index (χ2n) is 17.5. The van der Waals surface area contributed by atoms with E-state index in [1.807, 2.05) is 0 Å². The van der Waals surface area contributed by atoms with E-state index in [2.05, 4.69) is 47.5 Å². The second-order valence-corrected chi connectivity index (χ2v) is 17.5. The average molecular weight is 1020 g/mol. The van der Waals surface area contributed by atoms with Crippen LogP contribution in [0, 0.1) is 5.92 Å². The molecule has 2 rings (SSSR count). The number of primary amides is 1. The SMILES string of the molecule is CC(C)C[C@H](NC(=O)[C@H](Cc1ccccc1)NC(=O)[C@H](C)NC(=O)[C@@H]1CCCN1C(=O)[C@H](CO)NC(=O)CNC(=O)[C@@H](N)CO)C(=O)N[C@@H](C)C(=O)N[C@@H](CC(N)=O)C(=O)N[C@@H](CCCN=C(N)N)C(=O)O. The van der Waals surface area contributed by atoms with Crippen LogP contribution in [0.15, 0.2) is 35.3 Å². The molecule has 0 spiro atoms. The Balaban J connectivity index is 2.20. The molecule has 1 heterocycles. The van der Waals surface area contributed by atoms with Crippen molar-refractivity contribution < 1.29 is 68.1 Å². The number of aliphatic hydroxyl groups is 2. The maximum atomic E-state index is 14.1. The predicted molar refractivity (Wildman–Crippen MR) is 256 cm³/mol. The summed E-state index contributed by atoms with van der Waals surface area (Å²) in [5.74, 6) is -10.7. The number of rotatable bonds is 30. The van der Waals surface area contributed by atoms with E-state index in [0.29, 0.717) is 12.0 Å². The van der Waals surface area contributed by atoms with Gasteiger partial charge in [0.1, 0.15) is 54.4 Å². The first kappa shape index (κ1) is 60.7. The third-order valence-electron chi connectivity index (χ3n) is 11.0. The highest BCUT2D eigenvalue weighted by Crippen LogP contribution is 2.19. The van der Waals surface area contributed by atoms with Crippen molar-refractivity contribution in [2.45, 2.75) is 127 Å². The summed E-state index contributed by atoms with van der Waals surface area (Å²) < 4.78 is 0. The largest absolute Gasteiger partial charge is 0.480 e. The number of amides is 10. The zero-order valence-corrected chi connectivity index (χ0v) is 40.7. The van der Waals surface area contributed by atoms with Gasteiger partial charge < -0.3 is 85.7 Å². The Morgan fingerprint density at radius 3 is 1.83 bits per heavy atom. The van der Waals surface area contributed by atoms with E-state index in [1.165, 1.54) is 13.8 Å². The Morgan fingerprint density at radius 2 is 1.26 bits per heavy atom. The highest BCUT2D eigenvalue weighted by atomic mass is 16.4. The smallest absolute Gasteiger partial charge is 0.326 e. The molecular formula is C44H70N14O14. The molecule has 72 heavy (non-hydrogen) atoms. The number of guanidine groups is 1. The number of nitrogens with two attached hydrogens (primary N) is 4. The van der Waals surface area contributed by atoms with Crippen LogP contribution < -0.4 is 65.5 Å². The van der Waals surface area contributed by atoms with Gasteiger partial charge in [0.2, 0.25) is 59.1 Å². The molecule has 0 aromatic heterocycles. The van der Waals surface area contributed by atoms with Crippen LogP contribution in [0.2, 0.25) is 0 Å². The fourth-order valence-electron chi connectivity index (χ4n) is 7.14. The van der Waals surface area contributed by atoms with Gasteiger partial charge in [-0.15, -0.1) is 0 Å². The Morgan fingerprint density at radius 1 is 0.694 bits per heavy atom. The lowest BCUT2D eigenvalue weighted by atomic mass is 10.0. The van der Waals surface area contributed by atoms with Crippen LogP contribution in [-0.4, -0.2) is 178 Å². The van der Waals surface area contributed by atoms with E-state index >= 15 is 0 Å². The summed E-state index contributed by atoms with van der Waals surface area (Å²) in [6.07, 6.45) is -0.249. The number of carbonyl (C=O) groups is 11. The Hall–Kier alpha value is -7.46. The number of carbonyl (C=O) groups excluding carboxylic acids is 10. The van der Waals surface area contributed by atoms with Crippen molar-refractivity contribution in [3.05, 3.63) is 35.9 Å². The molecule has 28 heteroatoms. The minimum atomic E-state index is -1.65. The Bertz CT molecular complexity index is 2110. The number of carboxylic acid groups (broad SMARTS) is 1. The van der Waals surface area contributed by atoms with Crippen molar-refractivity contribution >= 4 is 71.0 Å². The number of carboxylic acids is 1. The molecule has 10 amide bonds. The van der Waals surface area contributed by atoms with E-state index in [9.17, 15) is 63.0 Å². The average Bonchev–Trinajstić information content (AvgIpc) is 3.82. The van der Waals surface area contributed by atoms with Crippen LogP contribution in [0.5, 0.6) is 0 Å². The molecule has 28 nitrogen and oxygen atoms in total. The number of aliphatic hydroxyl groups excluding tert-OH is 2. The van der Waals surface area contributed by atoms with Crippen molar-refractivity contribution in [1.29, 1.82) is 0 Å². The van der Waals surface area contributed by atoms with Gasteiger partial charge in [-0.25, -0.2) is 4.79 Å². The highest BCUT2D eigenvalue weighted by Gasteiger charge is 2.39. The first-order valence-electron chi connectivity index (χ1n) is 23.2. The summed E-state index contributed by atoms with van der Waals surface area (Å²) in [6, 6.07) is -3.88. The van der Waals surface area contributed by atoms with Crippen molar-refractivity contribution in [2.24, 2.45) is 33.8 Å². The van der Waals surface area contributed by atoms with Crippen molar-refractivity contribution in [3.8, 4) is 0 Å². The third-order valence-corrected chi connectivity index (χ3v) is 11.0. The fourth-order valence-corrected chi connectivity index (χ4v) is 7.14. The number of likely N-dealkylation sites (tertiary alicyclic amines) is 1. The molecule has 0 bridgehead atoms. The number of hydrogen-bond donors (Lipinski definition) is 15. The number of aliphatic imine (C=N–C) groups is 1. The third kappa shape index (κ3) is 20.9. The summed E-state index contributed by atoms with van der Waals surface area (Å²) in [6.45, 7) is 4.06. The summed E-state index contributed by atoms with van der Waals surface area (Å²) in [7, 11) is 0. The number of nitrogens with one attached hydrogen (secondary N) is 8. The molecule has 1 aliphatic heterocycles. The normalized spacial score (nSPS) is 16.4. The monoisotopic (exact) mass is 1020 g/mol. The van der Waals surface area contributed by atoms with Crippen molar-refractivity contribution in [1.82, 2.24) is 47.4 Å². The highest BCUT2D eigenvalue weighted by molar-refractivity contribution is 5.99. The van der Waals surface area contributed by atoms with Crippen molar-refractivity contribution in [3.63, 3.8) is 0 Å². The molecule has 1 aromatic carbocycles. The molecule has 0 unspecified atom stereocenters. The maximum Gasteiger partial charge on any atom is 0.326 e. The number of nitrogens with zero attached hydrogens (tertiary/aromatic N) is 2. The van der Waals surface area contributed by atoms with Crippen molar-refractivity contribution in [2.75, 3.05) is 32.8 Å². The number of aliphatic carboxylic acids is 1. The first-order chi connectivity index (χ1) is 33.9. The van der Waals surface area contributed by atoms with E-state index in [-0.39, 0.29) is 57.1 Å². The summed E-state index contributed by atoms with van der Waals surface area (Å²) in [4.78, 5) is 148. The quantitative estimate of drug-likeness (QED) is 0.0193. The fraction of sp³-hybridized carbons (Fsp3) is 0.591. The van der Waals surface area contributed by atoms with Gasteiger partial charge in [0.05, 0.1) is 26.2 Å². The van der Waals surface area contributed by atoms with Gasteiger partial charge in [0, 0.05) is 19.5 Å². The molecule has 0 saturated carbocycles. The molecule has 1 aliphatic rings. The lowest BCUT2D eigenvalue weighted by Crippen LogP contribution is -2.60. The molecule has 1 saturated heterocycles. The van der Waals surface area contributed by atoms with Gasteiger partial charge in [-0.2, -0.15) is 0 Å². The van der Waals surface area contributed by atoms with Gasteiger partial charge in [0.15, 0.2) is 5.96 Å². The molecule has 0 aliphatic carbocycles. The zero-order chi connectivity index (χ0) is 54.2. The Labute approximate surface area is 415 Å². The molecule has 1 aromatic rings. The summed E-state index contributed by atoms with van der Waals surface area (Å²) in [5, 5.41) is 47.9. The molecule has 0 radical (unpaired) electrons. The topological polar surface area (TPSA) is 464 Å². The first-order valence-corrected chi connectivity index (χ1v) is 23.2. The lowest BCUT2D eigenvalue weighted by molar-refractivity contribution is -0.143. The maximum absolute atomic E-state index is 14.1. The van der Waals surface area contributed by atoms with Crippen LogP contribution >= 0.6 is 0 Å². The van der Waals surface area contributed by atoms with Gasteiger partial charge >= 0.3 is 5.97 Å². The predicted octanol–water partition coefficient (Wildman–Crippen LogP) is -6.86. The van der Waals surface area contributed by atoms with Crippen LogP contribution in [0.3, 0.4) is 0 Å². The molecule has 9 atom stereocenters. The minimum absolute atomic E-state index is 0.0319. The zero-order valence-electron chi connectivity index (χ0n) is 40.7. The summed E-state index contributed by atoms with van der Waals surface area (Å²) in [5.41, 5.74) is 21.9. The van der Waals surface area contributed by atoms with Crippen LogP contribution in [0.25, 0.3) is 0 Å². The van der Waals surface area contributed by atoms with Gasteiger partial charge in [-0.1, -0.05) is 44.2 Å². The van der Waals surface area contributed by atoms with Crippen LogP contribution in [0.1, 0.15) is 71.8 Å². The molecular weight excluding hydrogens is 949 g/mol. The standard InChI is InChI=1S/C44H70N14O14/c1-22(2)16-28(38(66)51-23(3)35(63)56-30(18-33(46)61)40(68)54-27(43(71)72)12-8-14-49-44(47)48)57-39(67)29(17-25-10-6-5-7-11-25)55-36(64)24(4)52-41(69)32-13-9-15-58(32)42(70)31(21-60)53-34(62)19-50-37(65)26(45)20-59/h5-7,10-11,22-24,26-32,59-60H,8-9,12-21,45H2,1-4H3,(H2,46,61)(H,50,65)(H,51,66)(H,52,69)(H,53,62)(H,54,68)(H,55,64)(H,56,63)(H,57,67)(H,71,72)(H4,47,48,49)/t23-,24-,26-,27-,28-,29-,30-,31-,32-/m0/s1. The minimum Gasteiger partial charge on any atom is -0.480 e. The molecule has 400 valence electrons. The number of hydrogen-bond acceptors (Lipinski definition) is 15. The van der Waals surface area contributed by atoms with E-state index in [1.54, 1.807) is 44.2 Å². The van der Waals surface area contributed by atoms with E-state index in [0.717, 1.165) is 4.90 Å². The number of benzene rings is 1. The molecule has 1 fully saturated rings. The Kier molecular flexibility index (Phi) is 25.5. The van der Waals surface area contributed by atoms with Crippen LogP contribution in [-0.2, 0) is 59.2 Å². The second kappa shape index (κ2) is 30.3. The van der Waals surface area contributed by atoms with Gasteiger partial charge in [-0.05, 0) is 57.4 Å². The van der Waals surface area contributed by atoms with Gasteiger partial charge in [0.25, 0.3) is 0 Å².